The molecular weight excluding hydrogens is 248 g/mol. The van der Waals surface area contributed by atoms with Gasteiger partial charge in [-0.3, -0.25) is 9.59 Å². The first-order valence-electron chi connectivity index (χ1n) is 4.63. The third-order valence-electron chi connectivity index (χ3n) is 2.11. The molecule has 3 N–H and O–H groups in total. The maximum absolute atomic E-state index is 11.8. The Morgan fingerprint density at radius 3 is 2.69 bits per heavy atom. The Kier molecular flexibility index (Phi) is 3.93. The maximum atomic E-state index is 11.8. The van der Waals surface area contributed by atoms with Crippen molar-refractivity contribution in [3.05, 3.63) is 17.0 Å². The van der Waals surface area contributed by atoms with E-state index in [0.717, 1.165) is 0 Å². The van der Waals surface area contributed by atoms with Gasteiger partial charge in [0.1, 0.15) is 5.00 Å². The van der Waals surface area contributed by atoms with Crippen molar-refractivity contribution in [2.75, 3.05) is 11.2 Å². The van der Waals surface area contributed by atoms with Gasteiger partial charge in [0.25, 0.3) is 5.91 Å². The van der Waals surface area contributed by atoms with E-state index in [1.807, 2.05) is 0 Å². The molecular formula is C10H13ClN2O2S. The second-order valence-corrected chi connectivity index (χ2v) is 5.18. The summed E-state index contributed by atoms with van der Waals surface area (Å²) < 4.78 is 0. The highest BCUT2D eigenvalue weighted by Crippen LogP contribution is 2.26. The van der Waals surface area contributed by atoms with Gasteiger partial charge >= 0.3 is 0 Å². The molecule has 0 saturated carbocycles. The van der Waals surface area contributed by atoms with Crippen LogP contribution in [-0.4, -0.2) is 17.7 Å². The van der Waals surface area contributed by atoms with E-state index in [1.54, 1.807) is 25.3 Å². The Morgan fingerprint density at radius 2 is 2.19 bits per heavy atom. The van der Waals surface area contributed by atoms with Crippen LogP contribution < -0.4 is 11.1 Å². The van der Waals surface area contributed by atoms with E-state index in [2.05, 4.69) is 5.32 Å². The quantitative estimate of drug-likeness (QED) is 0.814. The van der Waals surface area contributed by atoms with Gasteiger partial charge in [-0.25, -0.2) is 0 Å². The molecule has 1 heterocycles. The SMILES string of the molecule is CC(C)(CCl)C(=O)Nc1sccc1C(N)=O. The molecule has 2 amide bonds. The predicted molar refractivity (Wildman–Crippen MR) is 66.0 cm³/mol. The van der Waals surface area contributed by atoms with Gasteiger partial charge in [-0.15, -0.1) is 22.9 Å². The first-order valence-corrected chi connectivity index (χ1v) is 6.04. The predicted octanol–water partition coefficient (Wildman–Crippen LogP) is 2.05. The molecule has 0 radical (unpaired) electrons. The van der Waals surface area contributed by atoms with Crippen LogP contribution in [0.2, 0.25) is 0 Å². The van der Waals surface area contributed by atoms with E-state index < -0.39 is 11.3 Å². The number of carbonyl (C=O) groups is 2. The van der Waals surface area contributed by atoms with Gasteiger partial charge < -0.3 is 11.1 Å². The average molecular weight is 261 g/mol. The number of nitrogens with two attached hydrogens (primary N) is 1. The van der Waals surface area contributed by atoms with Gasteiger partial charge in [0.15, 0.2) is 0 Å². The minimum absolute atomic E-state index is 0.204. The zero-order chi connectivity index (χ0) is 12.3. The summed E-state index contributed by atoms with van der Waals surface area (Å²) in [6.07, 6.45) is 0. The third kappa shape index (κ3) is 2.74. The van der Waals surface area contributed by atoms with Crippen LogP contribution in [0.1, 0.15) is 24.2 Å². The van der Waals surface area contributed by atoms with E-state index in [1.165, 1.54) is 11.3 Å². The van der Waals surface area contributed by atoms with Crippen LogP contribution >= 0.6 is 22.9 Å². The number of primary amides is 1. The highest BCUT2D eigenvalue weighted by molar-refractivity contribution is 7.14. The van der Waals surface area contributed by atoms with E-state index >= 15 is 0 Å². The second-order valence-electron chi connectivity index (χ2n) is 4.00. The lowest BCUT2D eigenvalue weighted by Gasteiger charge is -2.19. The zero-order valence-corrected chi connectivity index (χ0v) is 10.6. The molecule has 6 heteroatoms. The van der Waals surface area contributed by atoms with Crippen LogP contribution in [0.4, 0.5) is 5.00 Å². The first kappa shape index (κ1) is 13.0. The Bertz CT molecular complexity index is 415. The number of hydrogen-bond donors (Lipinski definition) is 2. The minimum Gasteiger partial charge on any atom is -0.366 e. The molecule has 16 heavy (non-hydrogen) atoms. The molecule has 0 unspecified atom stereocenters. The van der Waals surface area contributed by atoms with Crippen molar-refractivity contribution in [1.82, 2.24) is 0 Å². The molecule has 88 valence electrons. The van der Waals surface area contributed by atoms with Gasteiger partial charge in [-0.05, 0) is 25.3 Å². The van der Waals surface area contributed by atoms with Gasteiger partial charge in [0, 0.05) is 5.88 Å². The van der Waals surface area contributed by atoms with E-state index in [9.17, 15) is 9.59 Å². The number of hydrogen-bond acceptors (Lipinski definition) is 3. The molecule has 0 aliphatic carbocycles. The van der Waals surface area contributed by atoms with E-state index in [0.29, 0.717) is 10.6 Å². The highest BCUT2D eigenvalue weighted by atomic mass is 35.5. The fourth-order valence-electron chi connectivity index (χ4n) is 0.933. The Morgan fingerprint density at radius 1 is 1.56 bits per heavy atom. The Labute approximate surface area is 103 Å². The molecule has 0 bridgehead atoms. The average Bonchev–Trinajstić information content (AvgIpc) is 2.65. The van der Waals surface area contributed by atoms with Gasteiger partial charge in [-0.1, -0.05) is 0 Å². The number of halogens is 1. The monoisotopic (exact) mass is 260 g/mol. The fourth-order valence-corrected chi connectivity index (χ4v) is 1.84. The molecule has 1 aromatic heterocycles. The maximum Gasteiger partial charge on any atom is 0.251 e. The van der Waals surface area contributed by atoms with Crippen LogP contribution in [0.15, 0.2) is 11.4 Å². The van der Waals surface area contributed by atoms with Crippen molar-refractivity contribution in [3.8, 4) is 0 Å². The van der Waals surface area contributed by atoms with Gasteiger partial charge in [0.05, 0.1) is 11.0 Å². The third-order valence-corrected chi connectivity index (χ3v) is 3.60. The normalized spacial score (nSPS) is 11.2. The van der Waals surface area contributed by atoms with Crippen LogP contribution in [0.3, 0.4) is 0 Å². The fraction of sp³-hybridized carbons (Fsp3) is 0.400. The number of thiophene rings is 1. The van der Waals surface area contributed by atoms with Crippen molar-refractivity contribution < 1.29 is 9.59 Å². The molecule has 0 fully saturated rings. The lowest BCUT2D eigenvalue weighted by Crippen LogP contribution is -2.32. The zero-order valence-electron chi connectivity index (χ0n) is 9.04. The molecule has 1 aromatic rings. The lowest BCUT2D eigenvalue weighted by molar-refractivity contribution is -0.122. The van der Waals surface area contributed by atoms with Crippen LogP contribution in [0, 0.1) is 5.41 Å². The topological polar surface area (TPSA) is 72.2 Å². The molecule has 0 atom stereocenters. The summed E-state index contributed by atoms with van der Waals surface area (Å²) in [6.45, 7) is 3.46. The van der Waals surface area contributed by atoms with Gasteiger partial charge in [-0.2, -0.15) is 0 Å². The number of nitrogens with one attached hydrogen (secondary N) is 1. The summed E-state index contributed by atoms with van der Waals surface area (Å²) in [5.74, 6) is -0.580. The summed E-state index contributed by atoms with van der Waals surface area (Å²) in [5.41, 5.74) is 4.81. The van der Waals surface area contributed by atoms with Crippen molar-refractivity contribution in [1.29, 1.82) is 0 Å². The van der Waals surface area contributed by atoms with Crippen LogP contribution in [-0.2, 0) is 4.79 Å². The van der Waals surface area contributed by atoms with Crippen molar-refractivity contribution in [2.24, 2.45) is 11.1 Å². The highest BCUT2D eigenvalue weighted by Gasteiger charge is 2.27. The Hall–Kier alpha value is -1.07. The molecule has 0 aliphatic heterocycles. The summed E-state index contributed by atoms with van der Waals surface area (Å²) in [7, 11) is 0. The second kappa shape index (κ2) is 4.84. The molecule has 1 rings (SSSR count). The molecule has 0 aromatic carbocycles. The van der Waals surface area contributed by atoms with Gasteiger partial charge in [0.2, 0.25) is 5.91 Å². The number of amides is 2. The van der Waals surface area contributed by atoms with Crippen LogP contribution in [0.5, 0.6) is 0 Å². The first-order chi connectivity index (χ1) is 7.38. The number of anilines is 1. The lowest BCUT2D eigenvalue weighted by atomic mass is 9.95. The molecule has 0 aliphatic rings. The summed E-state index contributed by atoms with van der Waals surface area (Å²) in [5, 5.41) is 4.82. The smallest absolute Gasteiger partial charge is 0.251 e. The number of rotatable bonds is 4. The van der Waals surface area contributed by atoms with Crippen LogP contribution in [0.25, 0.3) is 0 Å². The summed E-state index contributed by atoms with van der Waals surface area (Å²) in [4.78, 5) is 22.8. The van der Waals surface area contributed by atoms with Crippen molar-refractivity contribution >= 4 is 39.8 Å². The Balaban J connectivity index is 2.85. The standard InChI is InChI=1S/C10H13ClN2O2S/c1-10(2,5-11)9(15)13-8-6(7(12)14)3-4-16-8/h3-4H,5H2,1-2H3,(H2,12,14)(H,13,15). The number of alkyl halides is 1. The largest absolute Gasteiger partial charge is 0.366 e. The molecule has 0 spiro atoms. The minimum atomic E-state index is -0.680. The summed E-state index contributed by atoms with van der Waals surface area (Å²) >= 11 is 6.94. The molecule has 0 saturated heterocycles. The van der Waals surface area contributed by atoms with E-state index in [-0.39, 0.29) is 11.8 Å². The molecule has 4 nitrogen and oxygen atoms in total. The summed E-state index contributed by atoms with van der Waals surface area (Å²) in [6, 6.07) is 1.58. The number of carbonyl (C=O) groups excluding carboxylic acids is 2. The van der Waals surface area contributed by atoms with E-state index in [4.69, 9.17) is 17.3 Å². The van der Waals surface area contributed by atoms with Crippen molar-refractivity contribution in [3.63, 3.8) is 0 Å². The van der Waals surface area contributed by atoms with Crippen molar-refractivity contribution in [2.45, 2.75) is 13.8 Å².